The van der Waals surface area contributed by atoms with Crippen LogP contribution in [0.1, 0.15) is 80.4 Å². The standard InChI is InChI=1S/C32H45FN6O5/c1-4-25-23(20-44-37-25)30(41)36-29(22-10-8-6-7-9-11-22)31(42)35-26-13-12-21(18-24(26)33)19-27(34-28(40)5-2)32(43)39-16-14-38(3)15-17-39/h12-13,18,20,22,27,29H,4-11,14-17,19H2,1-3H3,(H,34,40)(H,35,42)(H,36,41)/t27-,29+/m1/s1. The highest BCUT2D eigenvalue weighted by atomic mass is 19.1. The minimum absolute atomic E-state index is 0.0228. The van der Waals surface area contributed by atoms with Crippen molar-refractivity contribution in [1.29, 1.82) is 0 Å². The molecule has 1 aromatic heterocycles. The van der Waals surface area contributed by atoms with Crippen molar-refractivity contribution < 1.29 is 28.1 Å². The number of piperazine rings is 1. The smallest absolute Gasteiger partial charge is 0.257 e. The first kappa shape index (κ1) is 33.1. The SMILES string of the molecule is CCC(=O)N[C@H](Cc1ccc(NC(=O)[C@@H](NC(=O)c2conc2CC)C2CCCCCC2)c(F)c1)C(=O)N1CCN(C)CC1. The van der Waals surface area contributed by atoms with Gasteiger partial charge in [0.1, 0.15) is 29.7 Å². The fraction of sp³-hybridized carbons (Fsp3) is 0.594. The molecule has 1 aliphatic heterocycles. The van der Waals surface area contributed by atoms with Crippen molar-refractivity contribution in [2.24, 2.45) is 5.92 Å². The highest BCUT2D eigenvalue weighted by Gasteiger charge is 2.33. The molecule has 0 spiro atoms. The highest BCUT2D eigenvalue weighted by Crippen LogP contribution is 2.27. The summed E-state index contributed by atoms with van der Waals surface area (Å²) in [6, 6.07) is 2.69. The topological polar surface area (TPSA) is 137 Å². The van der Waals surface area contributed by atoms with Crippen molar-refractivity contribution >= 4 is 29.3 Å². The maximum absolute atomic E-state index is 15.4. The lowest BCUT2D eigenvalue weighted by Crippen LogP contribution is -2.54. The van der Waals surface area contributed by atoms with E-state index in [2.05, 4.69) is 26.0 Å². The van der Waals surface area contributed by atoms with E-state index in [1.54, 1.807) is 17.9 Å². The normalized spacial score (nSPS) is 17.8. The number of rotatable bonds is 11. The van der Waals surface area contributed by atoms with Crippen molar-refractivity contribution in [3.05, 3.63) is 47.1 Å². The van der Waals surface area contributed by atoms with Gasteiger partial charge in [-0.05, 0) is 49.9 Å². The zero-order chi connectivity index (χ0) is 31.6. The number of carbonyl (C=O) groups excluding carboxylic acids is 4. The van der Waals surface area contributed by atoms with Crippen LogP contribution in [0.25, 0.3) is 0 Å². The highest BCUT2D eigenvalue weighted by molar-refractivity contribution is 6.01. The Morgan fingerprint density at radius 2 is 1.73 bits per heavy atom. The molecule has 2 aliphatic rings. The Labute approximate surface area is 258 Å². The molecule has 1 aliphatic carbocycles. The fourth-order valence-electron chi connectivity index (χ4n) is 5.94. The summed E-state index contributed by atoms with van der Waals surface area (Å²) in [7, 11) is 1.99. The molecule has 11 nitrogen and oxygen atoms in total. The van der Waals surface area contributed by atoms with E-state index in [4.69, 9.17) is 4.52 Å². The van der Waals surface area contributed by atoms with Gasteiger partial charge in [0.2, 0.25) is 17.7 Å². The Morgan fingerprint density at radius 1 is 1.02 bits per heavy atom. The molecule has 1 aromatic carbocycles. The van der Waals surface area contributed by atoms with Crippen molar-refractivity contribution in [3.63, 3.8) is 0 Å². The van der Waals surface area contributed by atoms with Gasteiger partial charge >= 0.3 is 0 Å². The van der Waals surface area contributed by atoms with Gasteiger partial charge in [-0.3, -0.25) is 19.2 Å². The van der Waals surface area contributed by atoms with Crippen LogP contribution >= 0.6 is 0 Å². The molecule has 1 saturated heterocycles. The Hall–Kier alpha value is -3.80. The van der Waals surface area contributed by atoms with E-state index >= 15 is 4.39 Å². The third-order valence-electron chi connectivity index (χ3n) is 8.66. The van der Waals surface area contributed by atoms with Crippen molar-refractivity contribution in [2.45, 2.75) is 83.7 Å². The molecule has 0 radical (unpaired) electrons. The van der Waals surface area contributed by atoms with E-state index in [1.165, 1.54) is 18.4 Å². The number of hydrogen-bond donors (Lipinski definition) is 3. The van der Waals surface area contributed by atoms with Crippen LogP contribution in [0.15, 0.2) is 29.0 Å². The average Bonchev–Trinajstić information content (AvgIpc) is 3.35. The number of hydrogen-bond acceptors (Lipinski definition) is 7. The van der Waals surface area contributed by atoms with Crippen LogP contribution < -0.4 is 16.0 Å². The lowest BCUT2D eigenvalue weighted by molar-refractivity contribution is -0.137. The molecule has 4 amide bonds. The van der Waals surface area contributed by atoms with Gasteiger partial charge < -0.3 is 30.3 Å². The number of halogens is 1. The maximum atomic E-state index is 15.4. The first-order valence-electron chi connectivity index (χ1n) is 15.8. The van der Waals surface area contributed by atoms with E-state index in [9.17, 15) is 19.2 Å². The van der Waals surface area contributed by atoms with Crippen LogP contribution in [0.3, 0.4) is 0 Å². The molecule has 2 atom stereocenters. The van der Waals surface area contributed by atoms with Crippen LogP contribution in [0, 0.1) is 11.7 Å². The maximum Gasteiger partial charge on any atom is 0.257 e. The number of anilines is 1. The molecular formula is C32H45FN6O5. The second-order valence-electron chi connectivity index (χ2n) is 11.8. The van der Waals surface area contributed by atoms with Gasteiger partial charge in [-0.1, -0.05) is 50.8 Å². The predicted octanol–water partition coefficient (Wildman–Crippen LogP) is 3.29. The van der Waals surface area contributed by atoms with E-state index in [0.29, 0.717) is 30.8 Å². The largest absolute Gasteiger partial charge is 0.364 e. The zero-order valence-electron chi connectivity index (χ0n) is 26.0. The zero-order valence-corrected chi connectivity index (χ0v) is 26.0. The van der Waals surface area contributed by atoms with Crippen molar-refractivity contribution in [1.82, 2.24) is 25.6 Å². The first-order valence-corrected chi connectivity index (χ1v) is 15.8. The lowest BCUT2D eigenvalue weighted by Gasteiger charge is -2.34. The summed E-state index contributed by atoms with van der Waals surface area (Å²) in [5.41, 5.74) is 1.27. The van der Waals surface area contributed by atoms with E-state index in [-0.39, 0.29) is 41.8 Å². The molecule has 12 heteroatoms. The van der Waals surface area contributed by atoms with Gasteiger partial charge in [0.15, 0.2) is 0 Å². The number of aryl methyl sites for hydroxylation is 1. The van der Waals surface area contributed by atoms with Gasteiger partial charge in [0.25, 0.3) is 5.91 Å². The van der Waals surface area contributed by atoms with Crippen LogP contribution in [-0.2, 0) is 27.2 Å². The van der Waals surface area contributed by atoms with Crippen LogP contribution in [0.5, 0.6) is 0 Å². The molecule has 44 heavy (non-hydrogen) atoms. The minimum Gasteiger partial charge on any atom is -0.364 e. The van der Waals surface area contributed by atoms with Crippen molar-refractivity contribution in [3.8, 4) is 0 Å². The number of aromatic nitrogens is 1. The van der Waals surface area contributed by atoms with Crippen LogP contribution in [0.4, 0.5) is 10.1 Å². The van der Waals surface area contributed by atoms with E-state index < -0.39 is 29.7 Å². The summed E-state index contributed by atoms with van der Waals surface area (Å²) in [6.07, 6.45) is 7.69. The molecule has 3 N–H and O–H groups in total. The Morgan fingerprint density at radius 3 is 2.36 bits per heavy atom. The summed E-state index contributed by atoms with van der Waals surface area (Å²) in [5.74, 6) is -2.17. The molecule has 2 fully saturated rings. The van der Waals surface area contributed by atoms with Gasteiger partial charge in [-0.15, -0.1) is 0 Å². The molecular weight excluding hydrogens is 567 g/mol. The average molecular weight is 613 g/mol. The van der Waals surface area contributed by atoms with E-state index in [0.717, 1.165) is 51.6 Å². The minimum atomic E-state index is -0.867. The van der Waals surface area contributed by atoms with Gasteiger partial charge in [-0.2, -0.15) is 0 Å². The van der Waals surface area contributed by atoms with Crippen LogP contribution in [-0.4, -0.2) is 83.9 Å². The monoisotopic (exact) mass is 612 g/mol. The predicted molar refractivity (Wildman–Crippen MR) is 163 cm³/mol. The van der Waals surface area contributed by atoms with Crippen LogP contribution in [0.2, 0.25) is 0 Å². The third kappa shape index (κ3) is 8.64. The molecule has 4 rings (SSSR count). The number of nitrogens with zero attached hydrogens (tertiary/aromatic N) is 3. The van der Waals surface area contributed by atoms with Gasteiger partial charge in [0.05, 0.1) is 11.4 Å². The molecule has 0 bridgehead atoms. The number of amides is 4. The fourth-order valence-corrected chi connectivity index (χ4v) is 5.94. The number of carbonyl (C=O) groups is 4. The number of nitrogens with one attached hydrogen (secondary N) is 3. The second-order valence-corrected chi connectivity index (χ2v) is 11.8. The molecule has 240 valence electrons. The Balaban J connectivity index is 1.48. The molecule has 2 aromatic rings. The summed E-state index contributed by atoms with van der Waals surface area (Å²) >= 11 is 0. The lowest BCUT2D eigenvalue weighted by atomic mass is 9.90. The molecule has 1 saturated carbocycles. The summed E-state index contributed by atoms with van der Waals surface area (Å²) in [4.78, 5) is 56.2. The number of likely N-dealkylation sites (N-methyl/N-ethyl adjacent to an activating group) is 1. The number of benzene rings is 1. The van der Waals surface area contributed by atoms with Gasteiger partial charge in [0, 0.05) is 39.0 Å². The Kier molecular flexibility index (Phi) is 11.9. The van der Waals surface area contributed by atoms with Crippen molar-refractivity contribution in [2.75, 3.05) is 38.5 Å². The third-order valence-corrected chi connectivity index (χ3v) is 8.66. The Bertz CT molecular complexity index is 1300. The summed E-state index contributed by atoms with van der Waals surface area (Å²) in [6.45, 7) is 6.17. The van der Waals surface area contributed by atoms with E-state index in [1.807, 2.05) is 14.0 Å². The molecule has 2 heterocycles. The summed E-state index contributed by atoms with van der Waals surface area (Å²) < 4.78 is 20.4. The quantitative estimate of drug-likeness (QED) is 0.331. The summed E-state index contributed by atoms with van der Waals surface area (Å²) in [5, 5.41) is 12.2. The second kappa shape index (κ2) is 15.8. The first-order chi connectivity index (χ1) is 21.2. The van der Waals surface area contributed by atoms with Gasteiger partial charge in [-0.25, -0.2) is 4.39 Å². The molecule has 0 unspecified atom stereocenters.